The highest BCUT2D eigenvalue weighted by Gasteiger charge is 2.13. The normalized spacial score (nSPS) is 12.3. The molecule has 2 N–H and O–H groups in total. The van der Waals surface area contributed by atoms with Gasteiger partial charge >= 0.3 is 0 Å². The number of aryl methyl sites for hydroxylation is 1. The molecule has 0 aliphatic rings. The minimum absolute atomic E-state index is 0.0688. The van der Waals surface area contributed by atoms with E-state index in [1.165, 1.54) is 6.07 Å². The van der Waals surface area contributed by atoms with Gasteiger partial charge in [0.25, 0.3) is 5.69 Å². The van der Waals surface area contributed by atoms with E-state index < -0.39 is 0 Å². The number of aliphatic imine (C=N–C) groups is 1. The molecule has 0 radical (unpaired) electrons. The third-order valence-corrected chi connectivity index (χ3v) is 3.84. The quantitative estimate of drug-likeness (QED) is 0.344. The van der Waals surface area contributed by atoms with Crippen LogP contribution < -0.4 is 15.4 Å². The molecule has 2 rings (SSSR count). The van der Waals surface area contributed by atoms with Gasteiger partial charge in [0, 0.05) is 25.2 Å². The minimum Gasteiger partial charge on any atom is -0.489 e. The molecule has 0 saturated carbocycles. The molecular weight excluding hydrogens is 332 g/mol. The summed E-state index contributed by atoms with van der Waals surface area (Å²) in [5, 5.41) is 17.3. The number of hydrogen-bond acceptors (Lipinski definition) is 4. The van der Waals surface area contributed by atoms with E-state index >= 15 is 0 Å². The Morgan fingerprint density at radius 3 is 2.58 bits per heavy atom. The molecule has 7 heteroatoms. The van der Waals surface area contributed by atoms with E-state index in [0.717, 1.165) is 11.3 Å². The molecule has 1 unspecified atom stereocenters. The van der Waals surface area contributed by atoms with Crippen molar-refractivity contribution in [3.8, 4) is 5.75 Å². The van der Waals surface area contributed by atoms with Gasteiger partial charge in [-0.2, -0.15) is 0 Å². The van der Waals surface area contributed by atoms with E-state index in [1.54, 1.807) is 25.2 Å². The van der Waals surface area contributed by atoms with Gasteiger partial charge in [-0.15, -0.1) is 0 Å². The second kappa shape index (κ2) is 9.41. The molecule has 0 saturated heterocycles. The third kappa shape index (κ3) is 5.47. The summed E-state index contributed by atoms with van der Waals surface area (Å²) in [5.41, 5.74) is 1.77. The molecule has 0 bridgehead atoms. The van der Waals surface area contributed by atoms with Crippen LogP contribution in [0.1, 0.15) is 18.1 Å². The zero-order valence-electron chi connectivity index (χ0n) is 15.2. The first kappa shape index (κ1) is 19.2. The molecule has 26 heavy (non-hydrogen) atoms. The summed E-state index contributed by atoms with van der Waals surface area (Å²) >= 11 is 0. The van der Waals surface area contributed by atoms with Crippen molar-refractivity contribution in [1.29, 1.82) is 0 Å². The Morgan fingerprint density at radius 1 is 1.19 bits per heavy atom. The van der Waals surface area contributed by atoms with Crippen LogP contribution in [0.5, 0.6) is 5.75 Å². The number of hydrogen-bond donors (Lipinski definition) is 2. The first-order chi connectivity index (χ1) is 12.5. The molecule has 7 nitrogen and oxygen atoms in total. The van der Waals surface area contributed by atoms with Crippen molar-refractivity contribution in [3.05, 3.63) is 69.8 Å². The number of rotatable bonds is 7. The number of para-hydroxylation sites is 2. The highest BCUT2D eigenvalue weighted by molar-refractivity contribution is 5.79. The smallest absolute Gasteiger partial charge is 0.274 e. The highest BCUT2D eigenvalue weighted by atomic mass is 16.6. The fourth-order valence-corrected chi connectivity index (χ4v) is 2.43. The van der Waals surface area contributed by atoms with Gasteiger partial charge < -0.3 is 15.4 Å². The van der Waals surface area contributed by atoms with Crippen molar-refractivity contribution in [2.75, 3.05) is 13.6 Å². The second-order valence-electron chi connectivity index (χ2n) is 5.89. The Labute approximate surface area is 153 Å². The topological polar surface area (TPSA) is 88.8 Å². The van der Waals surface area contributed by atoms with Gasteiger partial charge in [-0.25, -0.2) is 0 Å². The van der Waals surface area contributed by atoms with Crippen molar-refractivity contribution in [3.63, 3.8) is 0 Å². The summed E-state index contributed by atoms with van der Waals surface area (Å²) in [6.45, 7) is 4.83. The van der Waals surface area contributed by atoms with Crippen LogP contribution in [-0.2, 0) is 6.54 Å². The standard InChI is InChI=1S/C19H24N4O3/c1-14-8-4-7-11-18(14)26-15(2)12-21-19(20-3)22-13-16-9-5-6-10-17(16)23(24)25/h4-11,15H,12-13H2,1-3H3,(H2,20,21,22). The van der Waals surface area contributed by atoms with E-state index in [2.05, 4.69) is 15.6 Å². The molecule has 2 aromatic rings. The van der Waals surface area contributed by atoms with Crippen molar-refractivity contribution in [1.82, 2.24) is 10.6 Å². The zero-order chi connectivity index (χ0) is 18.9. The number of nitro groups is 1. The average molecular weight is 356 g/mol. The van der Waals surface area contributed by atoms with Crippen LogP contribution in [0.15, 0.2) is 53.5 Å². The largest absolute Gasteiger partial charge is 0.489 e. The van der Waals surface area contributed by atoms with E-state index in [9.17, 15) is 10.1 Å². The van der Waals surface area contributed by atoms with Crippen molar-refractivity contribution in [2.24, 2.45) is 4.99 Å². The molecule has 2 aromatic carbocycles. The first-order valence-corrected chi connectivity index (χ1v) is 8.40. The first-order valence-electron chi connectivity index (χ1n) is 8.40. The third-order valence-electron chi connectivity index (χ3n) is 3.84. The lowest BCUT2D eigenvalue weighted by atomic mass is 10.2. The Bertz CT molecular complexity index is 777. The lowest BCUT2D eigenvalue weighted by Crippen LogP contribution is -2.41. The molecule has 0 amide bonds. The molecule has 0 aliphatic carbocycles. The second-order valence-corrected chi connectivity index (χ2v) is 5.89. The summed E-state index contributed by atoms with van der Waals surface area (Å²) in [4.78, 5) is 14.8. The molecule has 0 aliphatic heterocycles. The predicted molar refractivity (Wildman–Crippen MR) is 103 cm³/mol. The Kier molecular flexibility index (Phi) is 6.96. The molecule has 0 heterocycles. The lowest BCUT2D eigenvalue weighted by Gasteiger charge is -2.18. The summed E-state index contributed by atoms with van der Waals surface area (Å²) in [7, 11) is 1.65. The Balaban J connectivity index is 1.86. The van der Waals surface area contributed by atoms with E-state index in [4.69, 9.17) is 4.74 Å². The monoisotopic (exact) mass is 356 g/mol. The fraction of sp³-hybridized carbons (Fsp3) is 0.316. The van der Waals surface area contributed by atoms with Gasteiger partial charge in [-0.1, -0.05) is 36.4 Å². The molecular formula is C19H24N4O3. The summed E-state index contributed by atoms with van der Waals surface area (Å²) < 4.78 is 5.92. The number of nitrogens with zero attached hydrogens (tertiary/aromatic N) is 2. The number of ether oxygens (including phenoxy) is 1. The van der Waals surface area contributed by atoms with Crippen LogP contribution in [0.25, 0.3) is 0 Å². The van der Waals surface area contributed by atoms with Gasteiger partial charge in [0.15, 0.2) is 5.96 Å². The van der Waals surface area contributed by atoms with E-state index in [-0.39, 0.29) is 16.7 Å². The van der Waals surface area contributed by atoms with Gasteiger partial charge in [0.1, 0.15) is 11.9 Å². The maximum Gasteiger partial charge on any atom is 0.274 e. The number of benzene rings is 2. The summed E-state index contributed by atoms with van der Waals surface area (Å²) in [6, 6.07) is 14.5. The number of guanidine groups is 1. The molecule has 0 fully saturated rings. The van der Waals surface area contributed by atoms with Gasteiger partial charge in [-0.3, -0.25) is 15.1 Å². The van der Waals surface area contributed by atoms with Crippen LogP contribution >= 0.6 is 0 Å². The van der Waals surface area contributed by atoms with Crippen molar-refractivity contribution >= 4 is 11.6 Å². The molecule has 138 valence electrons. The van der Waals surface area contributed by atoms with Crippen LogP contribution in [0.2, 0.25) is 0 Å². The molecule has 1 atom stereocenters. The van der Waals surface area contributed by atoms with Crippen LogP contribution in [0.3, 0.4) is 0 Å². The SMILES string of the molecule is CN=C(NCc1ccccc1[N+](=O)[O-])NCC(C)Oc1ccccc1C. The van der Waals surface area contributed by atoms with E-state index in [1.807, 2.05) is 38.1 Å². The van der Waals surface area contributed by atoms with Gasteiger partial charge in [0.05, 0.1) is 11.5 Å². The van der Waals surface area contributed by atoms with Crippen LogP contribution in [0, 0.1) is 17.0 Å². The van der Waals surface area contributed by atoms with Crippen molar-refractivity contribution < 1.29 is 9.66 Å². The highest BCUT2D eigenvalue weighted by Crippen LogP contribution is 2.18. The summed E-state index contributed by atoms with van der Waals surface area (Å²) in [5.74, 6) is 1.41. The maximum absolute atomic E-state index is 11.1. The minimum atomic E-state index is -0.384. The molecule has 0 aromatic heterocycles. The Morgan fingerprint density at radius 2 is 1.88 bits per heavy atom. The van der Waals surface area contributed by atoms with Gasteiger partial charge in [-0.05, 0) is 25.5 Å². The van der Waals surface area contributed by atoms with Gasteiger partial charge in [0.2, 0.25) is 0 Å². The lowest BCUT2D eigenvalue weighted by molar-refractivity contribution is -0.385. The number of nitrogens with one attached hydrogen (secondary N) is 2. The zero-order valence-corrected chi connectivity index (χ0v) is 15.2. The maximum atomic E-state index is 11.1. The van der Waals surface area contributed by atoms with Crippen LogP contribution in [-0.4, -0.2) is 30.6 Å². The fourth-order valence-electron chi connectivity index (χ4n) is 2.43. The van der Waals surface area contributed by atoms with Crippen molar-refractivity contribution in [2.45, 2.75) is 26.5 Å². The Hall–Kier alpha value is -3.09. The van der Waals surface area contributed by atoms with Crippen LogP contribution in [0.4, 0.5) is 5.69 Å². The average Bonchev–Trinajstić information content (AvgIpc) is 2.64. The predicted octanol–water partition coefficient (Wildman–Crippen LogP) is 3.04. The van der Waals surface area contributed by atoms with E-state index in [0.29, 0.717) is 24.6 Å². The molecule has 0 spiro atoms. The summed E-state index contributed by atoms with van der Waals surface area (Å²) in [6.07, 6.45) is -0.0688. The number of nitro benzene ring substituents is 1.